The molecule has 5 heteroatoms. The maximum absolute atomic E-state index is 5.65. The Bertz CT molecular complexity index is 246. The monoisotopic (exact) mass is 351 g/mol. The fraction of sp³-hybridized carbons (Fsp3) is 0.889. The molecule has 0 atom stereocenters. The van der Waals surface area contributed by atoms with Crippen molar-refractivity contribution in [3.05, 3.63) is 12.2 Å². The maximum atomic E-state index is 5.65. The first-order valence-electron chi connectivity index (χ1n) is 9.21. The molecule has 0 aromatic heterocycles. The third-order valence-electron chi connectivity index (χ3n) is 3.44. The van der Waals surface area contributed by atoms with Crippen molar-refractivity contribution < 1.29 is 31.9 Å². The Hall–Kier alpha value is -0.130. The number of unbranched alkanes of at least 4 members (excludes halogenated alkanes) is 6. The lowest BCUT2D eigenvalue weighted by molar-refractivity contribution is -1.37. The predicted octanol–water partition coefficient (Wildman–Crippen LogP) is 2.36. The Labute approximate surface area is 150 Å². The molecule has 0 N–H and O–H groups in total. The molecule has 0 unspecified atom stereocenters. The second-order valence-electron chi connectivity index (χ2n) is 5.40. The smallest absolute Gasteiger partial charge is 0.181 e. The van der Waals surface area contributed by atoms with Gasteiger partial charge in [0.05, 0.1) is 4.97 Å². The van der Waals surface area contributed by atoms with E-state index in [1.165, 1.54) is 44.9 Å². The van der Waals surface area contributed by atoms with Gasteiger partial charge in [-0.3, -0.25) is 0 Å². The molecule has 4 nitrogen and oxygen atoms in total. The molecule has 23 heavy (non-hydrogen) atoms. The predicted molar refractivity (Wildman–Crippen MR) is 91.8 cm³/mol. The molecule has 0 bridgehead atoms. The number of hydrogen-bond donors (Lipinski definition) is 0. The highest BCUT2D eigenvalue weighted by atomic mass is 35.5. The average Bonchev–Trinajstić information content (AvgIpc) is 2.50. The first-order valence-corrected chi connectivity index (χ1v) is 9.21. The topological polar surface area (TPSA) is 27.7 Å². The van der Waals surface area contributed by atoms with Crippen molar-refractivity contribution in [1.82, 2.24) is 0 Å². The van der Waals surface area contributed by atoms with E-state index in [0.29, 0.717) is 26.4 Å². The summed E-state index contributed by atoms with van der Waals surface area (Å²) in [5, 5.41) is 0. The normalized spacial score (nSPS) is 11.8. The first-order chi connectivity index (χ1) is 10.7. The molecule has 0 fully saturated rings. The van der Waals surface area contributed by atoms with Crippen molar-refractivity contribution in [3.8, 4) is 0 Å². The van der Waals surface area contributed by atoms with Crippen molar-refractivity contribution in [2.75, 3.05) is 26.4 Å². The van der Waals surface area contributed by atoms with Gasteiger partial charge in [0, 0.05) is 6.42 Å². The third-order valence-corrected chi connectivity index (χ3v) is 3.44. The van der Waals surface area contributed by atoms with E-state index in [4.69, 9.17) is 14.5 Å². The summed E-state index contributed by atoms with van der Waals surface area (Å²) in [7, 11) is 0. The second-order valence-corrected chi connectivity index (χ2v) is 5.40. The number of quaternary nitrogens is 1. The van der Waals surface area contributed by atoms with Gasteiger partial charge in [-0.2, -0.15) is 0 Å². The molecular weight excluding hydrogens is 314 g/mol. The highest BCUT2D eigenvalue weighted by Crippen LogP contribution is 2.14. The molecule has 0 heterocycles. The van der Waals surface area contributed by atoms with Gasteiger partial charge in [-0.05, 0) is 33.6 Å². The second kappa shape index (κ2) is 18.2. The van der Waals surface area contributed by atoms with Gasteiger partial charge in [0.15, 0.2) is 6.54 Å². The third kappa shape index (κ3) is 14.0. The summed E-state index contributed by atoms with van der Waals surface area (Å²) < 4.78 is 0. The summed E-state index contributed by atoms with van der Waals surface area (Å²) in [6.07, 6.45) is 14.7. The number of rotatable bonds is 16. The molecule has 0 aromatic carbocycles. The highest BCUT2D eigenvalue weighted by molar-refractivity contribution is 4.80. The minimum absolute atomic E-state index is 0. The largest absolute Gasteiger partial charge is 1.00 e. The van der Waals surface area contributed by atoms with Crippen LogP contribution >= 0.6 is 0 Å². The summed E-state index contributed by atoms with van der Waals surface area (Å²) >= 11 is 0. The quantitative estimate of drug-likeness (QED) is 0.185. The van der Waals surface area contributed by atoms with E-state index < -0.39 is 0 Å². The van der Waals surface area contributed by atoms with Crippen LogP contribution in [-0.2, 0) is 14.5 Å². The summed E-state index contributed by atoms with van der Waals surface area (Å²) in [4.78, 5) is 16.8. The van der Waals surface area contributed by atoms with Gasteiger partial charge in [0.2, 0.25) is 0 Å². The zero-order valence-corrected chi connectivity index (χ0v) is 16.4. The van der Waals surface area contributed by atoms with Crippen LogP contribution in [0.15, 0.2) is 12.2 Å². The standard InChI is InChI=1S/C18H38NO3.ClH/c1-5-9-10-11-12-13-14-15-16-17-18-19(20-6-2,21-7-3)22-8-4;/h15-16H,5-14,17-18H2,1-4H3;1H/q+1;/p-1. The van der Waals surface area contributed by atoms with E-state index in [1.807, 2.05) is 20.8 Å². The van der Waals surface area contributed by atoms with Gasteiger partial charge in [-0.15, -0.1) is 14.5 Å². The van der Waals surface area contributed by atoms with Crippen LogP contribution in [-0.4, -0.2) is 31.3 Å². The first kappa shape index (κ1) is 25.1. The van der Waals surface area contributed by atoms with Gasteiger partial charge in [-0.1, -0.05) is 51.2 Å². The number of halogens is 1. The fourth-order valence-corrected chi connectivity index (χ4v) is 2.41. The molecule has 0 radical (unpaired) electrons. The summed E-state index contributed by atoms with van der Waals surface area (Å²) in [6, 6.07) is 0. The molecule has 0 aromatic rings. The van der Waals surface area contributed by atoms with Gasteiger partial charge in [0.25, 0.3) is 0 Å². The van der Waals surface area contributed by atoms with Crippen LogP contribution in [0.25, 0.3) is 0 Å². The van der Waals surface area contributed by atoms with Crippen LogP contribution < -0.4 is 12.4 Å². The van der Waals surface area contributed by atoms with E-state index in [-0.39, 0.29) is 17.4 Å². The molecule has 0 spiro atoms. The van der Waals surface area contributed by atoms with E-state index >= 15 is 0 Å². The highest BCUT2D eigenvalue weighted by Gasteiger charge is 2.32. The molecule has 0 amide bonds. The maximum Gasteiger partial charge on any atom is 0.181 e. The molecular formula is C18H38ClNO3. The van der Waals surface area contributed by atoms with Crippen LogP contribution in [0.3, 0.4) is 0 Å². The minimum Gasteiger partial charge on any atom is -1.00 e. The van der Waals surface area contributed by atoms with E-state index in [9.17, 15) is 0 Å². The van der Waals surface area contributed by atoms with Gasteiger partial charge in [0.1, 0.15) is 19.8 Å². The zero-order chi connectivity index (χ0) is 16.5. The van der Waals surface area contributed by atoms with Gasteiger partial charge in [-0.25, -0.2) is 0 Å². The lowest BCUT2D eigenvalue weighted by Gasteiger charge is -2.27. The Balaban J connectivity index is 0. The van der Waals surface area contributed by atoms with Crippen molar-refractivity contribution in [2.45, 2.75) is 79.1 Å². The Kier molecular flexibility index (Phi) is 19.9. The van der Waals surface area contributed by atoms with Crippen molar-refractivity contribution in [3.63, 3.8) is 0 Å². The molecule has 0 aliphatic carbocycles. The molecule has 0 saturated heterocycles. The van der Waals surface area contributed by atoms with E-state index in [0.717, 1.165) is 6.42 Å². The van der Waals surface area contributed by atoms with Crippen molar-refractivity contribution >= 4 is 0 Å². The summed E-state index contributed by atoms with van der Waals surface area (Å²) in [5.74, 6) is 0. The molecule has 0 aliphatic rings. The number of allylic oxidation sites excluding steroid dienone is 1. The van der Waals surface area contributed by atoms with Crippen LogP contribution in [0.2, 0.25) is 0 Å². The lowest BCUT2D eigenvalue weighted by atomic mass is 10.1. The zero-order valence-electron chi connectivity index (χ0n) is 15.7. The van der Waals surface area contributed by atoms with Crippen LogP contribution in [0, 0.1) is 0 Å². The Morgan fingerprint density at radius 1 is 0.652 bits per heavy atom. The fourth-order valence-electron chi connectivity index (χ4n) is 2.41. The number of hydroxylamine groups is 3. The van der Waals surface area contributed by atoms with Crippen LogP contribution in [0.4, 0.5) is 0 Å². The average molecular weight is 352 g/mol. The van der Waals surface area contributed by atoms with Crippen LogP contribution in [0.1, 0.15) is 79.1 Å². The van der Waals surface area contributed by atoms with Gasteiger partial charge >= 0.3 is 0 Å². The van der Waals surface area contributed by atoms with Crippen molar-refractivity contribution in [1.29, 1.82) is 0 Å². The Morgan fingerprint density at radius 2 is 1.13 bits per heavy atom. The summed E-state index contributed by atoms with van der Waals surface area (Å²) in [5.41, 5.74) is 0. The van der Waals surface area contributed by atoms with E-state index in [2.05, 4.69) is 19.1 Å². The molecule has 140 valence electrons. The van der Waals surface area contributed by atoms with E-state index in [1.54, 1.807) is 0 Å². The molecule has 0 saturated carbocycles. The SMILES string of the molecule is CCCCCCCCC=CCC[N+](OCC)(OCC)OCC.[Cl-]. The lowest BCUT2D eigenvalue weighted by Crippen LogP contribution is -3.00. The van der Waals surface area contributed by atoms with Crippen LogP contribution in [0.5, 0.6) is 0 Å². The summed E-state index contributed by atoms with van der Waals surface area (Å²) in [6.45, 7) is 10.5. The minimum atomic E-state index is -0.148. The molecule has 0 aliphatic heterocycles. The molecule has 0 rings (SSSR count). The number of nitrogens with zero attached hydrogens (tertiary/aromatic N) is 1. The Morgan fingerprint density at radius 3 is 1.65 bits per heavy atom. The van der Waals surface area contributed by atoms with Gasteiger partial charge < -0.3 is 12.4 Å². The number of hydrogen-bond acceptors (Lipinski definition) is 3. The van der Waals surface area contributed by atoms with Crippen molar-refractivity contribution in [2.24, 2.45) is 0 Å².